The highest BCUT2D eigenvalue weighted by Gasteiger charge is 2.29. The molecule has 0 unspecified atom stereocenters. The smallest absolute Gasteiger partial charge is 0.253 e. The molecule has 2 amide bonds. The lowest BCUT2D eigenvalue weighted by atomic mass is 9.94. The Balaban J connectivity index is 1.54. The highest BCUT2D eigenvalue weighted by Crippen LogP contribution is 2.29. The van der Waals surface area contributed by atoms with Crippen molar-refractivity contribution >= 4 is 11.8 Å². The second-order valence-electron chi connectivity index (χ2n) is 7.64. The van der Waals surface area contributed by atoms with Gasteiger partial charge in [-0.2, -0.15) is 0 Å². The highest BCUT2D eigenvalue weighted by atomic mass is 16.5. The molecule has 1 heterocycles. The molecule has 1 aliphatic heterocycles. The predicted molar refractivity (Wildman–Crippen MR) is 118 cm³/mol. The van der Waals surface area contributed by atoms with Gasteiger partial charge in [-0.25, -0.2) is 0 Å². The lowest BCUT2D eigenvalue weighted by Gasteiger charge is -2.32. The Kier molecular flexibility index (Phi) is 7.39. The number of nitrogens with one attached hydrogen (secondary N) is 1. The first-order chi connectivity index (χ1) is 15.0. The van der Waals surface area contributed by atoms with E-state index in [-0.39, 0.29) is 23.8 Å². The molecule has 0 saturated carbocycles. The Labute approximate surface area is 183 Å². The van der Waals surface area contributed by atoms with Crippen LogP contribution >= 0.6 is 0 Å². The maximum absolute atomic E-state index is 12.9. The molecular formula is C24H30N2O5. The summed E-state index contributed by atoms with van der Waals surface area (Å²) in [6, 6.07) is 12.7. The van der Waals surface area contributed by atoms with Gasteiger partial charge in [0.15, 0.2) is 11.5 Å². The molecule has 0 radical (unpaired) electrons. The number of rotatable bonds is 7. The number of ether oxygens (including phenoxy) is 3. The molecule has 0 aromatic heterocycles. The molecule has 166 valence electrons. The van der Waals surface area contributed by atoms with Gasteiger partial charge in [-0.1, -0.05) is 12.1 Å². The Morgan fingerprint density at radius 3 is 2.16 bits per heavy atom. The number of benzene rings is 2. The minimum atomic E-state index is -0.102. The number of amides is 2. The summed E-state index contributed by atoms with van der Waals surface area (Å²) in [5.41, 5.74) is 1.57. The predicted octanol–water partition coefficient (Wildman–Crippen LogP) is 3.44. The summed E-state index contributed by atoms with van der Waals surface area (Å²) in [7, 11) is 4.73. The van der Waals surface area contributed by atoms with Crippen LogP contribution < -0.4 is 19.5 Å². The van der Waals surface area contributed by atoms with Gasteiger partial charge in [0.05, 0.1) is 27.4 Å². The number of hydrogen-bond donors (Lipinski definition) is 1. The van der Waals surface area contributed by atoms with Crippen molar-refractivity contribution < 1.29 is 23.8 Å². The lowest BCUT2D eigenvalue weighted by Crippen LogP contribution is -2.43. The Bertz CT molecular complexity index is 905. The number of carbonyl (C=O) groups excluding carboxylic acids is 2. The van der Waals surface area contributed by atoms with Gasteiger partial charge >= 0.3 is 0 Å². The van der Waals surface area contributed by atoms with Crippen molar-refractivity contribution in [2.75, 3.05) is 34.4 Å². The Morgan fingerprint density at radius 1 is 0.935 bits per heavy atom. The normalized spacial score (nSPS) is 15.2. The SMILES string of the molecule is COc1ccc([C@@H](C)NC(=O)C2CCN(C(=O)c3ccc(OC)c(OC)c3)CC2)cc1. The summed E-state index contributed by atoms with van der Waals surface area (Å²) < 4.78 is 15.7. The van der Waals surface area contributed by atoms with Crippen LogP contribution in [0.15, 0.2) is 42.5 Å². The van der Waals surface area contributed by atoms with E-state index < -0.39 is 0 Å². The molecule has 1 aliphatic rings. The quantitative estimate of drug-likeness (QED) is 0.734. The van der Waals surface area contributed by atoms with Gasteiger partial charge in [-0.15, -0.1) is 0 Å². The van der Waals surface area contributed by atoms with Crippen molar-refractivity contribution in [2.45, 2.75) is 25.8 Å². The van der Waals surface area contributed by atoms with Gasteiger partial charge in [-0.05, 0) is 55.7 Å². The van der Waals surface area contributed by atoms with Gasteiger partial charge < -0.3 is 24.4 Å². The summed E-state index contributed by atoms with van der Waals surface area (Å²) in [6.07, 6.45) is 1.28. The molecule has 2 aromatic rings. The number of hydrogen-bond acceptors (Lipinski definition) is 5. The van der Waals surface area contributed by atoms with Crippen molar-refractivity contribution in [1.29, 1.82) is 0 Å². The molecular weight excluding hydrogens is 396 g/mol. The van der Waals surface area contributed by atoms with Crippen molar-refractivity contribution in [2.24, 2.45) is 5.92 Å². The van der Waals surface area contributed by atoms with Crippen LogP contribution in [0, 0.1) is 5.92 Å². The first-order valence-corrected chi connectivity index (χ1v) is 10.4. The second-order valence-corrected chi connectivity index (χ2v) is 7.64. The van der Waals surface area contributed by atoms with Gasteiger partial charge in [0.1, 0.15) is 5.75 Å². The van der Waals surface area contributed by atoms with Gasteiger partial charge in [0.2, 0.25) is 5.91 Å². The fraction of sp³-hybridized carbons (Fsp3) is 0.417. The number of methoxy groups -OCH3 is 3. The van der Waals surface area contributed by atoms with Crippen LogP contribution in [0.2, 0.25) is 0 Å². The highest BCUT2D eigenvalue weighted by molar-refractivity contribution is 5.95. The third kappa shape index (κ3) is 5.29. The van der Waals surface area contributed by atoms with E-state index in [1.54, 1.807) is 44.4 Å². The van der Waals surface area contributed by atoms with E-state index in [4.69, 9.17) is 14.2 Å². The third-order valence-corrected chi connectivity index (χ3v) is 5.76. The molecule has 31 heavy (non-hydrogen) atoms. The zero-order valence-electron chi connectivity index (χ0n) is 18.5. The van der Waals surface area contributed by atoms with Gasteiger partial charge in [-0.3, -0.25) is 9.59 Å². The molecule has 1 fully saturated rings. The maximum atomic E-state index is 12.9. The molecule has 0 bridgehead atoms. The molecule has 0 spiro atoms. The Hall–Kier alpha value is -3.22. The van der Waals surface area contributed by atoms with Crippen LogP contribution in [0.1, 0.15) is 41.7 Å². The van der Waals surface area contributed by atoms with Crippen molar-refractivity contribution in [3.05, 3.63) is 53.6 Å². The molecule has 1 N–H and O–H groups in total. The first-order valence-electron chi connectivity index (χ1n) is 10.4. The van der Waals surface area contributed by atoms with Gasteiger partial charge in [0.25, 0.3) is 5.91 Å². The molecule has 1 saturated heterocycles. The van der Waals surface area contributed by atoms with Crippen LogP contribution in [-0.2, 0) is 4.79 Å². The van der Waals surface area contributed by atoms with E-state index in [1.807, 2.05) is 31.2 Å². The molecule has 1 atom stereocenters. The zero-order valence-corrected chi connectivity index (χ0v) is 18.5. The summed E-state index contributed by atoms with van der Waals surface area (Å²) in [5, 5.41) is 3.09. The van der Waals surface area contributed by atoms with E-state index in [1.165, 1.54) is 0 Å². The van der Waals surface area contributed by atoms with Crippen LogP contribution in [0.25, 0.3) is 0 Å². The van der Waals surface area contributed by atoms with Crippen LogP contribution in [0.5, 0.6) is 17.2 Å². The standard InChI is InChI=1S/C24H30N2O5/c1-16(17-5-8-20(29-2)9-6-17)25-23(27)18-11-13-26(14-12-18)24(28)19-7-10-21(30-3)22(15-19)31-4/h5-10,15-16,18H,11-14H2,1-4H3,(H,25,27)/t16-/m1/s1. The summed E-state index contributed by atoms with van der Waals surface area (Å²) in [6.45, 7) is 3.06. The molecule has 0 aliphatic carbocycles. The first kappa shape index (κ1) is 22.5. The van der Waals surface area contributed by atoms with E-state index >= 15 is 0 Å². The zero-order chi connectivity index (χ0) is 22.4. The second kappa shape index (κ2) is 10.2. The Morgan fingerprint density at radius 2 is 1.58 bits per heavy atom. The summed E-state index contributed by atoms with van der Waals surface area (Å²) in [5.74, 6) is 1.76. The largest absolute Gasteiger partial charge is 0.497 e. The average molecular weight is 427 g/mol. The molecule has 7 nitrogen and oxygen atoms in total. The topological polar surface area (TPSA) is 77.1 Å². The molecule has 2 aromatic carbocycles. The average Bonchev–Trinajstić information content (AvgIpc) is 2.83. The minimum Gasteiger partial charge on any atom is -0.497 e. The van der Waals surface area contributed by atoms with Crippen LogP contribution in [0.3, 0.4) is 0 Å². The number of piperidine rings is 1. The summed E-state index contributed by atoms with van der Waals surface area (Å²) in [4.78, 5) is 27.4. The van der Waals surface area contributed by atoms with Crippen molar-refractivity contribution in [3.63, 3.8) is 0 Å². The van der Waals surface area contributed by atoms with E-state index in [0.717, 1.165) is 11.3 Å². The van der Waals surface area contributed by atoms with Crippen LogP contribution in [-0.4, -0.2) is 51.1 Å². The van der Waals surface area contributed by atoms with E-state index in [0.29, 0.717) is 43.0 Å². The fourth-order valence-electron chi connectivity index (χ4n) is 3.80. The van der Waals surface area contributed by atoms with E-state index in [9.17, 15) is 9.59 Å². The van der Waals surface area contributed by atoms with E-state index in [2.05, 4.69) is 5.32 Å². The van der Waals surface area contributed by atoms with Crippen molar-refractivity contribution in [1.82, 2.24) is 10.2 Å². The molecule has 7 heteroatoms. The van der Waals surface area contributed by atoms with Crippen molar-refractivity contribution in [3.8, 4) is 17.2 Å². The number of nitrogens with zero attached hydrogens (tertiary/aromatic N) is 1. The monoisotopic (exact) mass is 426 g/mol. The molecule has 3 rings (SSSR count). The lowest BCUT2D eigenvalue weighted by molar-refractivity contribution is -0.126. The van der Waals surface area contributed by atoms with Crippen LogP contribution in [0.4, 0.5) is 0 Å². The van der Waals surface area contributed by atoms with Gasteiger partial charge in [0, 0.05) is 24.6 Å². The number of carbonyl (C=O) groups is 2. The number of likely N-dealkylation sites (tertiary alicyclic amines) is 1. The third-order valence-electron chi connectivity index (χ3n) is 5.76. The maximum Gasteiger partial charge on any atom is 0.253 e. The summed E-state index contributed by atoms with van der Waals surface area (Å²) >= 11 is 0. The minimum absolute atomic E-state index is 0.0292. The fourth-order valence-corrected chi connectivity index (χ4v) is 3.80.